The smallest absolute Gasteiger partial charge is 0.233 e. The van der Waals surface area contributed by atoms with Crippen molar-refractivity contribution in [3.05, 3.63) is 35.9 Å². The zero-order valence-electron chi connectivity index (χ0n) is 11.6. The molecule has 0 fully saturated rings. The molecule has 0 aliphatic carbocycles. The third kappa shape index (κ3) is 6.86. The number of nitrogens with two attached hydrogens (primary N) is 1. The third-order valence-electron chi connectivity index (χ3n) is 2.70. The van der Waals surface area contributed by atoms with Gasteiger partial charge in [-0.3, -0.25) is 15.0 Å². The number of rotatable bonds is 8. The first-order valence-electron chi connectivity index (χ1n) is 6.50. The van der Waals surface area contributed by atoms with Crippen LogP contribution in [0.2, 0.25) is 0 Å². The van der Waals surface area contributed by atoms with Crippen LogP contribution in [0.3, 0.4) is 0 Å². The number of amides is 2. The van der Waals surface area contributed by atoms with Gasteiger partial charge in [0, 0.05) is 13.5 Å². The van der Waals surface area contributed by atoms with Crippen molar-refractivity contribution in [2.24, 2.45) is 5.73 Å². The number of nitrogens with one attached hydrogen (secondary N) is 1. The van der Waals surface area contributed by atoms with Crippen molar-refractivity contribution in [3.63, 3.8) is 0 Å². The zero-order chi connectivity index (χ0) is 15.0. The van der Waals surface area contributed by atoms with Crippen LogP contribution < -0.4 is 11.2 Å². The molecule has 0 saturated carbocycles. The van der Waals surface area contributed by atoms with E-state index in [0.29, 0.717) is 6.42 Å². The highest BCUT2D eigenvalue weighted by atomic mass is 16.3. The molecule has 110 valence electrons. The molecule has 1 rings (SSSR count). The van der Waals surface area contributed by atoms with Crippen LogP contribution in [0.4, 0.5) is 0 Å². The van der Waals surface area contributed by atoms with Crippen molar-refractivity contribution >= 4 is 11.8 Å². The fourth-order valence-electron chi connectivity index (χ4n) is 1.88. The summed E-state index contributed by atoms with van der Waals surface area (Å²) in [6, 6.07) is 9.80. The Bertz CT molecular complexity index is 421. The molecule has 0 aromatic heterocycles. The molecule has 2 amide bonds. The van der Waals surface area contributed by atoms with Crippen LogP contribution >= 0.6 is 0 Å². The van der Waals surface area contributed by atoms with Crippen LogP contribution in [-0.4, -0.2) is 41.1 Å². The fourth-order valence-corrected chi connectivity index (χ4v) is 1.88. The van der Waals surface area contributed by atoms with Gasteiger partial charge in [-0.15, -0.1) is 0 Å². The molecule has 1 aromatic carbocycles. The van der Waals surface area contributed by atoms with E-state index in [4.69, 9.17) is 5.73 Å². The number of aliphatic hydroxyl groups excluding tert-OH is 1. The number of hydrazine groups is 1. The van der Waals surface area contributed by atoms with Gasteiger partial charge >= 0.3 is 0 Å². The summed E-state index contributed by atoms with van der Waals surface area (Å²) in [5.74, 6) is -0.865. The average molecular weight is 279 g/mol. The highest BCUT2D eigenvalue weighted by Gasteiger charge is 2.14. The highest BCUT2D eigenvalue weighted by Crippen LogP contribution is 2.05. The lowest BCUT2D eigenvalue weighted by molar-refractivity contribution is -0.127. The first-order chi connectivity index (χ1) is 9.47. The van der Waals surface area contributed by atoms with E-state index >= 15 is 0 Å². The number of nitrogens with zero attached hydrogens (tertiary/aromatic N) is 1. The Morgan fingerprint density at radius 3 is 2.55 bits per heavy atom. The largest absolute Gasteiger partial charge is 0.392 e. The zero-order valence-corrected chi connectivity index (χ0v) is 11.6. The standard InChI is InChI=1S/C14H21N3O3/c1-11(18)16-17(10-14(15)20)9-13(19)8-7-12-5-3-2-4-6-12/h2-6,13,19H,7-10H2,1H3,(H2,15,20)(H,16,18). The molecule has 0 aliphatic heterocycles. The van der Waals surface area contributed by atoms with Crippen molar-refractivity contribution in [3.8, 4) is 0 Å². The van der Waals surface area contributed by atoms with Crippen LogP contribution in [-0.2, 0) is 16.0 Å². The lowest BCUT2D eigenvalue weighted by Gasteiger charge is -2.23. The predicted molar refractivity (Wildman–Crippen MR) is 75.4 cm³/mol. The van der Waals surface area contributed by atoms with Gasteiger partial charge in [0.15, 0.2) is 0 Å². The summed E-state index contributed by atoms with van der Waals surface area (Å²) in [7, 11) is 0. The third-order valence-corrected chi connectivity index (χ3v) is 2.70. The minimum atomic E-state index is -0.651. The molecule has 0 bridgehead atoms. The van der Waals surface area contributed by atoms with E-state index in [0.717, 1.165) is 12.0 Å². The molecule has 0 spiro atoms. The minimum Gasteiger partial charge on any atom is -0.392 e. The Morgan fingerprint density at radius 2 is 2.00 bits per heavy atom. The summed E-state index contributed by atoms with van der Waals surface area (Å²) >= 11 is 0. The lowest BCUT2D eigenvalue weighted by atomic mass is 10.1. The number of benzene rings is 1. The topological polar surface area (TPSA) is 95.7 Å². The van der Waals surface area contributed by atoms with Gasteiger partial charge in [-0.05, 0) is 18.4 Å². The Balaban J connectivity index is 2.42. The first-order valence-corrected chi connectivity index (χ1v) is 6.50. The monoisotopic (exact) mass is 279 g/mol. The summed E-state index contributed by atoms with van der Waals surface area (Å²) in [4.78, 5) is 21.9. The van der Waals surface area contributed by atoms with Crippen molar-refractivity contribution in [1.82, 2.24) is 10.4 Å². The van der Waals surface area contributed by atoms with Gasteiger partial charge in [0.05, 0.1) is 12.6 Å². The maximum Gasteiger partial charge on any atom is 0.233 e. The van der Waals surface area contributed by atoms with Crippen molar-refractivity contribution in [1.29, 1.82) is 0 Å². The Hall–Kier alpha value is -1.92. The molecule has 1 aromatic rings. The van der Waals surface area contributed by atoms with Crippen LogP contribution in [0, 0.1) is 0 Å². The summed E-state index contributed by atoms with van der Waals surface area (Å²) in [6.07, 6.45) is 0.618. The summed E-state index contributed by atoms with van der Waals surface area (Å²) < 4.78 is 0. The Labute approximate surface area is 118 Å². The van der Waals surface area contributed by atoms with Crippen LogP contribution in [0.5, 0.6) is 0 Å². The Morgan fingerprint density at radius 1 is 1.35 bits per heavy atom. The normalized spacial score (nSPS) is 12.2. The van der Waals surface area contributed by atoms with Gasteiger partial charge < -0.3 is 10.8 Å². The second-order valence-corrected chi connectivity index (χ2v) is 4.69. The maximum absolute atomic E-state index is 11.0. The SMILES string of the molecule is CC(=O)NN(CC(N)=O)CC(O)CCc1ccccc1. The molecule has 0 saturated heterocycles. The molecule has 6 nitrogen and oxygen atoms in total. The van der Waals surface area contributed by atoms with Gasteiger partial charge in [-0.1, -0.05) is 30.3 Å². The van der Waals surface area contributed by atoms with E-state index in [2.05, 4.69) is 5.43 Å². The molecule has 1 unspecified atom stereocenters. The molecular formula is C14H21N3O3. The van der Waals surface area contributed by atoms with Gasteiger partial charge in [0.1, 0.15) is 0 Å². The fraction of sp³-hybridized carbons (Fsp3) is 0.429. The Kier molecular flexibility index (Phi) is 6.69. The summed E-state index contributed by atoms with van der Waals surface area (Å²) in [6.45, 7) is 1.38. The number of hydrogen-bond donors (Lipinski definition) is 3. The van der Waals surface area contributed by atoms with E-state index in [9.17, 15) is 14.7 Å². The number of primary amides is 1. The van der Waals surface area contributed by atoms with E-state index in [-0.39, 0.29) is 19.0 Å². The second-order valence-electron chi connectivity index (χ2n) is 4.69. The number of hydrogen-bond acceptors (Lipinski definition) is 4. The van der Waals surface area contributed by atoms with Gasteiger partial charge in [-0.25, -0.2) is 5.01 Å². The van der Waals surface area contributed by atoms with Gasteiger partial charge in [0.2, 0.25) is 11.8 Å². The molecule has 4 N–H and O–H groups in total. The van der Waals surface area contributed by atoms with Crippen molar-refractivity contribution < 1.29 is 14.7 Å². The molecule has 6 heteroatoms. The molecule has 0 heterocycles. The summed E-state index contributed by atoms with van der Waals surface area (Å²) in [5.41, 5.74) is 8.70. The van der Waals surface area contributed by atoms with E-state index in [1.54, 1.807) is 0 Å². The quantitative estimate of drug-likeness (QED) is 0.575. The van der Waals surface area contributed by atoms with Crippen LogP contribution in [0.25, 0.3) is 0 Å². The average Bonchev–Trinajstić information content (AvgIpc) is 2.36. The molecule has 0 radical (unpaired) electrons. The molecule has 1 atom stereocenters. The van der Waals surface area contributed by atoms with Crippen LogP contribution in [0.15, 0.2) is 30.3 Å². The maximum atomic E-state index is 11.0. The predicted octanol–water partition coefficient (Wildman–Crippen LogP) is -0.181. The van der Waals surface area contributed by atoms with E-state index in [1.165, 1.54) is 11.9 Å². The molecule has 0 aliphatic rings. The van der Waals surface area contributed by atoms with E-state index in [1.807, 2.05) is 30.3 Å². The molecule has 20 heavy (non-hydrogen) atoms. The number of carbonyl (C=O) groups is 2. The second kappa shape index (κ2) is 8.29. The summed E-state index contributed by atoms with van der Waals surface area (Å²) in [5, 5.41) is 11.3. The molecular weight excluding hydrogens is 258 g/mol. The van der Waals surface area contributed by atoms with Crippen molar-refractivity contribution in [2.75, 3.05) is 13.1 Å². The number of carbonyl (C=O) groups excluding carboxylic acids is 2. The van der Waals surface area contributed by atoms with Crippen molar-refractivity contribution in [2.45, 2.75) is 25.9 Å². The number of aliphatic hydroxyl groups is 1. The van der Waals surface area contributed by atoms with Gasteiger partial charge in [0.25, 0.3) is 0 Å². The minimum absolute atomic E-state index is 0.123. The van der Waals surface area contributed by atoms with Gasteiger partial charge in [-0.2, -0.15) is 0 Å². The van der Waals surface area contributed by atoms with E-state index < -0.39 is 12.0 Å². The van der Waals surface area contributed by atoms with Crippen LogP contribution in [0.1, 0.15) is 18.9 Å². The number of aryl methyl sites for hydroxylation is 1. The highest BCUT2D eigenvalue weighted by molar-refractivity contribution is 5.77. The first kappa shape index (κ1) is 16.1. The lowest BCUT2D eigenvalue weighted by Crippen LogP contribution is -2.49.